The first kappa shape index (κ1) is 23.8. The molecule has 0 fully saturated rings. The van der Waals surface area contributed by atoms with Crippen LogP contribution in [0, 0.1) is 0 Å². The number of ether oxygens (including phenoxy) is 1. The van der Waals surface area contributed by atoms with Crippen molar-refractivity contribution in [1.82, 2.24) is 10.2 Å². The van der Waals surface area contributed by atoms with Gasteiger partial charge in [-0.1, -0.05) is 50.6 Å². The van der Waals surface area contributed by atoms with Crippen LogP contribution in [0.3, 0.4) is 0 Å². The molecular formula is C24H32N2O3S. The van der Waals surface area contributed by atoms with E-state index in [9.17, 15) is 9.59 Å². The van der Waals surface area contributed by atoms with Gasteiger partial charge in [-0.05, 0) is 42.7 Å². The summed E-state index contributed by atoms with van der Waals surface area (Å²) in [6.07, 6.45) is 2.51. The molecule has 0 aliphatic carbocycles. The van der Waals surface area contributed by atoms with E-state index in [1.54, 1.807) is 12.0 Å². The summed E-state index contributed by atoms with van der Waals surface area (Å²) in [7, 11) is 1.62. The topological polar surface area (TPSA) is 58.6 Å². The Balaban J connectivity index is 2.15. The number of carbonyl (C=O) groups excluding carboxylic acids is 2. The third-order valence-corrected chi connectivity index (χ3v) is 5.83. The number of nitrogens with zero attached hydrogens (tertiary/aromatic N) is 1. The van der Waals surface area contributed by atoms with Crippen molar-refractivity contribution in [3.63, 3.8) is 0 Å². The highest BCUT2D eigenvalue weighted by Gasteiger charge is 2.28. The number of amides is 2. The third-order valence-electron chi connectivity index (χ3n) is 4.83. The molecule has 162 valence electrons. The second-order valence-electron chi connectivity index (χ2n) is 7.04. The Morgan fingerprint density at radius 2 is 1.77 bits per heavy atom. The van der Waals surface area contributed by atoms with Crippen molar-refractivity contribution < 1.29 is 14.3 Å². The fourth-order valence-corrected chi connectivity index (χ4v) is 3.90. The molecule has 0 heterocycles. The lowest BCUT2D eigenvalue weighted by atomic mass is 10.1. The van der Waals surface area contributed by atoms with Gasteiger partial charge in [-0.2, -0.15) is 0 Å². The number of rotatable bonds is 12. The molecule has 5 nitrogen and oxygen atoms in total. The van der Waals surface area contributed by atoms with E-state index in [0.717, 1.165) is 29.1 Å². The van der Waals surface area contributed by atoms with E-state index in [1.807, 2.05) is 61.5 Å². The van der Waals surface area contributed by atoms with E-state index >= 15 is 0 Å². The van der Waals surface area contributed by atoms with Crippen molar-refractivity contribution in [3.8, 4) is 5.75 Å². The zero-order valence-electron chi connectivity index (χ0n) is 18.1. The molecule has 0 aliphatic rings. The van der Waals surface area contributed by atoms with Gasteiger partial charge in [0.25, 0.3) is 0 Å². The molecule has 1 unspecified atom stereocenters. The summed E-state index contributed by atoms with van der Waals surface area (Å²) in [4.78, 5) is 28.8. The van der Waals surface area contributed by atoms with Crippen LogP contribution in [0.25, 0.3) is 0 Å². The molecule has 2 rings (SSSR count). The van der Waals surface area contributed by atoms with E-state index in [1.165, 1.54) is 11.8 Å². The predicted octanol–water partition coefficient (Wildman–Crippen LogP) is 4.51. The fourth-order valence-electron chi connectivity index (χ4n) is 3.10. The zero-order valence-corrected chi connectivity index (χ0v) is 18.9. The molecule has 2 aromatic carbocycles. The molecule has 2 aromatic rings. The van der Waals surface area contributed by atoms with Crippen molar-refractivity contribution in [2.45, 2.75) is 50.6 Å². The quantitative estimate of drug-likeness (QED) is 0.399. The number of unbranched alkanes of at least 4 members (excludes halogenated alkanes) is 1. The van der Waals surface area contributed by atoms with Crippen LogP contribution in [0.4, 0.5) is 0 Å². The monoisotopic (exact) mass is 428 g/mol. The smallest absolute Gasteiger partial charge is 0.242 e. The van der Waals surface area contributed by atoms with Crippen LogP contribution in [0.2, 0.25) is 0 Å². The largest absolute Gasteiger partial charge is 0.497 e. The van der Waals surface area contributed by atoms with Gasteiger partial charge in [0.1, 0.15) is 11.8 Å². The average Bonchev–Trinajstić information content (AvgIpc) is 2.78. The third kappa shape index (κ3) is 7.41. The molecule has 0 spiro atoms. The molecular weight excluding hydrogens is 396 g/mol. The van der Waals surface area contributed by atoms with E-state index < -0.39 is 6.04 Å². The lowest BCUT2D eigenvalue weighted by molar-refractivity contribution is -0.139. The minimum atomic E-state index is -0.493. The molecule has 1 N–H and O–H groups in total. The highest BCUT2D eigenvalue weighted by atomic mass is 32.2. The number of benzene rings is 2. The van der Waals surface area contributed by atoms with Crippen molar-refractivity contribution in [2.75, 3.05) is 19.4 Å². The Labute approximate surface area is 184 Å². The second kappa shape index (κ2) is 13.0. The Hall–Kier alpha value is -2.47. The van der Waals surface area contributed by atoms with Gasteiger partial charge in [-0.25, -0.2) is 0 Å². The summed E-state index contributed by atoms with van der Waals surface area (Å²) in [5.41, 5.74) is 0.966. The van der Waals surface area contributed by atoms with Crippen LogP contribution < -0.4 is 10.1 Å². The van der Waals surface area contributed by atoms with Crippen LogP contribution in [-0.4, -0.2) is 42.2 Å². The van der Waals surface area contributed by atoms with Gasteiger partial charge in [-0.3, -0.25) is 9.59 Å². The molecule has 6 heteroatoms. The molecule has 0 saturated carbocycles. The van der Waals surface area contributed by atoms with Crippen molar-refractivity contribution in [3.05, 3.63) is 60.2 Å². The Morgan fingerprint density at radius 1 is 1.07 bits per heavy atom. The zero-order chi connectivity index (χ0) is 21.8. The average molecular weight is 429 g/mol. The van der Waals surface area contributed by atoms with E-state index in [-0.39, 0.29) is 11.8 Å². The van der Waals surface area contributed by atoms with Crippen LogP contribution >= 0.6 is 11.8 Å². The number of thioether (sulfide) groups is 1. The summed E-state index contributed by atoms with van der Waals surface area (Å²) in [5.74, 6) is 0.925. The molecule has 30 heavy (non-hydrogen) atoms. The second-order valence-corrected chi connectivity index (χ2v) is 8.09. The highest BCUT2D eigenvalue weighted by molar-refractivity contribution is 8.00. The fraction of sp³-hybridized carbons (Fsp3) is 0.417. The van der Waals surface area contributed by atoms with Gasteiger partial charge in [0.05, 0.1) is 12.9 Å². The molecule has 2 amide bonds. The Morgan fingerprint density at radius 3 is 2.37 bits per heavy atom. The summed E-state index contributed by atoms with van der Waals surface area (Å²) in [5, 5.41) is 2.99. The number of hydrogen-bond acceptors (Lipinski definition) is 4. The number of carbonyl (C=O) groups is 2. The number of methoxy groups -OCH3 is 1. The minimum absolute atomic E-state index is 0.0443. The minimum Gasteiger partial charge on any atom is -0.497 e. The SMILES string of the molecule is CCCCNC(=O)C(CC)N(Cc1ccc(OC)cc1)C(=O)CSc1ccccc1. The number of nitrogens with one attached hydrogen (secondary N) is 1. The Bertz CT molecular complexity index is 781. The summed E-state index contributed by atoms with van der Waals surface area (Å²) < 4.78 is 5.22. The lowest BCUT2D eigenvalue weighted by Gasteiger charge is -2.30. The van der Waals surface area contributed by atoms with E-state index in [0.29, 0.717) is 25.3 Å². The standard InChI is InChI=1S/C24H32N2O3S/c1-4-6-16-25-24(28)22(5-2)26(17-19-12-14-20(29-3)15-13-19)23(27)18-30-21-10-8-7-9-11-21/h7-15,22H,4-6,16-18H2,1-3H3,(H,25,28). The summed E-state index contributed by atoms with van der Waals surface area (Å²) >= 11 is 1.49. The van der Waals surface area contributed by atoms with Gasteiger partial charge < -0.3 is 15.0 Å². The molecule has 0 radical (unpaired) electrons. The van der Waals surface area contributed by atoms with Crippen LogP contribution in [-0.2, 0) is 16.1 Å². The van der Waals surface area contributed by atoms with Crippen molar-refractivity contribution in [1.29, 1.82) is 0 Å². The summed E-state index contributed by atoms with van der Waals surface area (Å²) in [6, 6.07) is 17.0. The number of hydrogen-bond donors (Lipinski definition) is 1. The maximum absolute atomic E-state index is 13.2. The molecule has 0 saturated heterocycles. The molecule has 0 bridgehead atoms. The van der Waals surface area contributed by atoms with Crippen LogP contribution in [0.5, 0.6) is 5.75 Å². The summed E-state index contributed by atoms with van der Waals surface area (Å²) in [6.45, 7) is 5.06. The first-order valence-electron chi connectivity index (χ1n) is 10.5. The maximum Gasteiger partial charge on any atom is 0.242 e. The van der Waals surface area contributed by atoms with Gasteiger partial charge in [-0.15, -0.1) is 11.8 Å². The normalized spacial score (nSPS) is 11.6. The van der Waals surface area contributed by atoms with E-state index in [4.69, 9.17) is 4.74 Å². The van der Waals surface area contributed by atoms with Gasteiger partial charge in [0.2, 0.25) is 11.8 Å². The van der Waals surface area contributed by atoms with Crippen molar-refractivity contribution in [2.24, 2.45) is 0 Å². The van der Waals surface area contributed by atoms with Crippen LogP contribution in [0.1, 0.15) is 38.7 Å². The van der Waals surface area contributed by atoms with Crippen LogP contribution in [0.15, 0.2) is 59.5 Å². The van der Waals surface area contributed by atoms with Gasteiger partial charge in [0.15, 0.2) is 0 Å². The molecule has 0 aliphatic heterocycles. The highest BCUT2D eigenvalue weighted by Crippen LogP contribution is 2.21. The van der Waals surface area contributed by atoms with Gasteiger partial charge >= 0.3 is 0 Å². The predicted molar refractivity (Wildman–Crippen MR) is 123 cm³/mol. The molecule has 0 aromatic heterocycles. The lowest BCUT2D eigenvalue weighted by Crippen LogP contribution is -2.49. The van der Waals surface area contributed by atoms with E-state index in [2.05, 4.69) is 12.2 Å². The maximum atomic E-state index is 13.2. The van der Waals surface area contributed by atoms with Gasteiger partial charge in [0, 0.05) is 18.0 Å². The molecule has 1 atom stereocenters. The first-order valence-corrected chi connectivity index (χ1v) is 11.5. The first-order chi connectivity index (χ1) is 14.6. The Kier molecular flexibility index (Phi) is 10.3. The van der Waals surface area contributed by atoms with Crippen molar-refractivity contribution >= 4 is 23.6 Å².